The summed E-state index contributed by atoms with van der Waals surface area (Å²) < 4.78 is 20.1. The summed E-state index contributed by atoms with van der Waals surface area (Å²) in [6.07, 6.45) is 0. The van der Waals surface area contributed by atoms with Gasteiger partial charge in [0.25, 0.3) is 0 Å². The summed E-state index contributed by atoms with van der Waals surface area (Å²) in [5.41, 5.74) is 0. The van der Waals surface area contributed by atoms with E-state index in [1.807, 2.05) is 0 Å². The third-order valence-electron chi connectivity index (χ3n) is 1.16. The predicted molar refractivity (Wildman–Crippen MR) is 35.8 cm³/mol. The van der Waals surface area contributed by atoms with Gasteiger partial charge in [-0.2, -0.15) is 4.21 Å². The first kappa shape index (κ1) is 5.73. The van der Waals surface area contributed by atoms with Crippen LogP contribution in [-0.2, 0) is 11.4 Å². The summed E-state index contributed by atoms with van der Waals surface area (Å²) in [6.45, 7) is 0. The molecule has 0 fully saturated rings. The molecule has 0 N–H and O–H groups in total. The van der Waals surface area contributed by atoms with Crippen LogP contribution in [0.1, 0.15) is 0 Å². The Bertz CT molecular complexity index is 257. The van der Waals surface area contributed by atoms with Crippen LogP contribution in [0.2, 0.25) is 0 Å². The van der Waals surface area contributed by atoms with Crippen molar-refractivity contribution in [2.24, 2.45) is 0 Å². The Morgan fingerprint density at radius 1 is 1.10 bits per heavy atom. The van der Waals surface area contributed by atoms with Crippen LogP contribution < -0.4 is 8.37 Å². The summed E-state index contributed by atoms with van der Waals surface area (Å²) in [4.78, 5) is 0. The third kappa shape index (κ3) is 0.769. The lowest BCUT2D eigenvalue weighted by Gasteiger charge is -1.86. The van der Waals surface area contributed by atoms with Gasteiger partial charge in [-0.15, -0.1) is 0 Å². The van der Waals surface area contributed by atoms with Gasteiger partial charge in [-0.3, -0.25) is 0 Å². The summed E-state index contributed by atoms with van der Waals surface area (Å²) in [5, 5.41) is 0. The van der Waals surface area contributed by atoms with E-state index in [0.29, 0.717) is 11.5 Å². The van der Waals surface area contributed by atoms with Crippen molar-refractivity contribution in [1.82, 2.24) is 0 Å². The lowest BCUT2D eigenvalue weighted by molar-refractivity contribution is 0.520. The van der Waals surface area contributed by atoms with Crippen molar-refractivity contribution in [3.05, 3.63) is 24.3 Å². The molecule has 1 aliphatic rings. The highest BCUT2D eigenvalue weighted by atomic mass is 32.2. The van der Waals surface area contributed by atoms with Crippen molar-refractivity contribution in [2.75, 3.05) is 0 Å². The first-order valence-electron chi connectivity index (χ1n) is 2.74. The number of hydrogen-bond acceptors (Lipinski definition) is 3. The SMILES string of the molecule is O=S1Oc2ccccc2O1. The maximum Gasteiger partial charge on any atom is 0.417 e. The van der Waals surface area contributed by atoms with Crippen LogP contribution in [0.5, 0.6) is 11.5 Å². The third-order valence-corrected chi connectivity index (χ3v) is 1.80. The van der Waals surface area contributed by atoms with E-state index in [2.05, 4.69) is 0 Å². The maximum atomic E-state index is 10.6. The fraction of sp³-hybridized carbons (Fsp3) is 0. The van der Waals surface area contributed by atoms with Crippen LogP contribution in [0.3, 0.4) is 0 Å². The average molecular weight is 156 g/mol. The molecule has 3 nitrogen and oxygen atoms in total. The quantitative estimate of drug-likeness (QED) is 0.563. The van der Waals surface area contributed by atoms with E-state index < -0.39 is 11.4 Å². The minimum atomic E-state index is -1.62. The van der Waals surface area contributed by atoms with Gasteiger partial charge >= 0.3 is 11.4 Å². The zero-order valence-corrected chi connectivity index (χ0v) is 5.76. The molecule has 0 amide bonds. The molecule has 10 heavy (non-hydrogen) atoms. The van der Waals surface area contributed by atoms with E-state index in [0.717, 1.165) is 0 Å². The number of rotatable bonds is 0. The highest BCUT2D eigenvalue weighted by Gasteiger charge is 2.19. The molecule has 1 aromatic rings. The van der Waals surface area contributed by atoms with Gasteiger partial charge in [0.05, 0.1) is 0 Å². The van der Waals surface area contributed by atoms with Gasteiger partial charge < -0.3 is 8.37 Å². The van der Waals surface area contributed by atoms with Gasteiger partial charge in [0.1, 0.15) is 0 Å². The molecule has 1 heterocycles. The minimum absolute atomic E-state index is 0.542. The molecule has 0 spiro atoms. The van der Waals surface area contributed by atoms with Gasteiger partial charge in [0.2, 0.25) is 0 Å². The van der Waals surface area contributed by atoms with Gasteiger partial charge in [-0.1, -0.05) is 12.1 Å². The van der Waals surface area contributed by atoms with Crippen LogP contribution in [0.4, 0.5) is 0 Å². The van der Waals surface area contributed by atoms with Crippen LogP contribution in [-0.4, -0.2) is 4.21 Å². The van der Waals surface area contributed by atoms with Gasteiger partial charge in [-0.05, 0) is 12.1 Å². The highest BCUT2D eigenvalue weighted by Crippen LogP contribution is 2.32. The average Bonchev–Trinajstić information content (AvgIpc) is 2.27. The van der Waals surface area contributed by atoms with Crippen LogP contribution in [0.25, 0.3) is 0 Å². The van der Waals surface area contributed by atoms with Crippen molar-refractivity contribution in [1.29, 1.82) is 0 Å². The van der Waals surface area contributed by atoms with E-state index in [4.69, 9.17) is 8.37 Å². The van der Waals surface area contributed by atoms with E-state index >= 15 is 0 Å². The maximum absolute atomic E-state index is 10.6. The zero-order chi connectivity index (χ0) is 6.97. The van der Waals surface area contributed by atoms with Gasteiger partial charge in [0, 0.05) is 0 Å². The molecule has 2 rings (SSSR count). The fourth-order valence-corrected chi connectivity index (χ4v) is 1.35. The summed E-state index contributed by atoms with van der Waals surface area (Å²) in [7, 11) is 0. The van der Waals surface area contributed by atoms with Crippen molar-refractivity contribution in [3.8, 4) is 11.5 Å². The first-order valence-corrected chi connectivity index (χ1v) is 3.74. The molecule has 0 saturated carbocycles. The molecule has 0 bridgehead atoms. The Kier molecular flexibility index (Phi) is 1.14. The van der Waals surface area contributed by atoms with Crippen molar-refractivity contribution >= 4 is 11.4 Å². The Labute approximate surface area is 60.4 Å². The summed E-state index contributed by atoms with van der Waals surface area (Å²) >= 11 is -1.62. The zero-order valence-electron chi connectivity index (χ0n) is 4.94. The molecule has 52 valence electrons. The Hall–Kier alpha value is -1.03. The summed E-state index contributed by atoms with van der Waals surface area (Å²) in [6, 6.07) is 7.01. The minimum Gasteiger partial charge on any atom is -0.367 e. The van der Waals surface area contributed by atoms with E-state index in [-0.39, 0.29) is 0 Å². The second-order valence-corrected chi connectivity index (χ2v) is 2.56. The molecule has 1 aliphatic heterocycles. The van der Waals surface area contributed by atoms with Crippen molar-refractivity contribution < 1.29 is 12.6 Å². The smallest absolute Gasteiger partial charge is 0.367 e. The van der Waals surface area contributed by atoms with E-state index in [1.165, 1.54) is 0 Å². The molecule has 0 atom stereocenters. The number of fused-ring (bicyclic) bond motifs is 1. The lowest BCUT2D eigenvalue weighted by atomic mass is 10.3. The molecule has 4 heteroatoms. The second kappa shape index (κ2) is 1.98. The van der Waals surface area contributed by atoms with Crippen molar-refractivity contribution in [3.63, 3.8) is 0 Å². The van der Waals surface area contributed by atoms with Gasteiger partial charge in [-0.25, -0.2) is 0 Å². The highest BCUT2D eigenvalue weighted by molar-refractivity contribution is 7.76. The summed E-state index contributed by atoms with van der Waals surface area (Å²) in [5.74, 6) is 1.08. The fourth-order valence-electron chi connectivity index (χ4n) is 0.751. The number of benzene rings is 1. The first-order chi connectivity index (χ1) is 4.86. The monoisotopic (exact) mass is 156 g/mol. The van der Waals surface area contributed by atoms with Crippen molar-refractivity contribution in [2.45, 2.75) is 0 Å². The van der Waals surface area contributed by atoms with Crippen LogP contribution in [0.15, 0.2) is 24.3 Å². The molecular formula is C6H4O3S. The van der Waals surface area contributed by atoms with Crippen LogP contribution in [0, 0.1) is 0 Å². The Balaban J connectivity index is 2.51. The molecule has 0 aromatic heterocycles. The largest absolute Gasteiger partial charge is 0.417 e. The molecule has 0 aliphatic carbocycles. The molecule has 1 aromatic carbocycles. The molecule has 0 radical (unpaired) electrons. The van der Waals surface area contributed by atoms with Crippen LogP contribution >= 0.6 is 0 Å². The normalized spacial score (nSPS) is 15.6. The molecule has 0 unspecified atom stereocenters. The topological polar surface area (TPSA) is 35.5 Å². The lowest BCUT2D eigenvalue weighted by Crippen LogP contribution is -1.96. The second-order valence-electron chi connectivity index (χ2n) is 1.82. The molecular weight excluding hydrogens is 152 g/mol. The number of para-hydroxylation sites is 2. The van der Waals surface area contributed by atoms with E-state index in [9.17, 15) is 4.21 Å². The molecule has 0 saturated heterocycles. The van der Waals surface area contributed by atoms with E-state index in [1.54, 1.807) is 24.3 Å². The standard InChI is InChI=1S/C6H4O3S/c7-10-8-5-3-1-2-4-6(5)9-10/h1-4H. The predicted octanol–water partition coefficient (Wildman–Crippen LogP) is 1.04. The number of hydrogen-bond donors (Lipinski definition) is 0. The Morgan fingerprint density at radius 3 is 2.10 bits per heavy atom. The Morgan fingerprint density at radius 2 is 1.60 bits per heavy atom. The van der Waals surface area contributed by atoms with Gasteiger partial charge in [0.15, 0.2) is 11.5 Å².